The van der Waals surface area contributed by atoms with Crippen LogP contribution in [0, 0.1) is 6.92 Å². The summed E-state index contributed by atoms with van der Waals surface area (Å²) in [7, 11) is 0. The topological polar surface area (TPSA) is 16.1 Å². The molecule has 0 aliphatic carbocycles. The van der Waals surface area contributed by atoms with Gasteiger partial charge < -0.3 is 0 Å². The molecule has 0 bridgehead atoms. The van der Waals surface area contributed by atoms with Crippen LogP contribution < -0.4 is 0 Å². The van der Waals surface area contributed by atoms with Gasteiger partial charge in [0.15, 0.2) is 0 Å². The van der Waals surface area contributed by atoms with Gasteiger partial charge in [0, 0.05) is 31.4 Å². The zero-order chi connectivity index (χ0) is 15.6. The van der Waals surface area contributed by atoms with Gasteiger partial charge in [-0.25, -0.2) is 0 Å². The molecule has 1 aliphatic heterocycles. The highest BCUT2D eigenvalue weighted by atomic mass is 15.1. The molecule has 114 valence electrons. The van der Waals surface area contributed by atoms with Gasteiger partial charge in [-0.05, 0) is 41.8 Å². The molecule has 1 aliphatic rings. The molecule has 0 N–H and O–H groups in total. The smallest absolute Gasteiger partial charge is 0.0702 e. The standard InChI is InChI=1S/C21H20N2/c1-16-5-7-17(8-6-16)13-23-14-19-10-9-18(12-20(19)15-23)21-4-2-3-11-22-21/h2-12H,13-15H2,1H3. The van der Waals surface area contributed by atoms with Crippen molar-refractivity contribution in [3.05, 3.63) is 89.1 Å². The van der Waals surface area contributed by atoms with Crippen LogP contribution in [0.3, 0.4) is 0 Å². The van der Waals surface area contributed by atoms with Crippen molar-refractivity contribution in [1.82, 2.24) is 9.88 Å². The highest BCUT2D eigenvalue weighted by Gasteiger charge is 2.19. The van der Waals surface area contributed by atoms with Gasteiger partial charge in [-0.2, -0.15) is 0 Å². The Labute approximate surface area is 137 Å². The Morgan fingerprint density at radius 1 is 0.913 bits per heavy atom. The van der Waals surface area contributed by atoms with Crippen LogP contribution in [0.4, 0.5) is 0 Å². The first kappa shape index (κ1) is 14.2. The first-order chi connectivity index (χ1) is 11.3. The predicted octanol–water partition coefficient (Wildman–Crippen LogP) is 4.57. The number of fused-ring (bicyclic) bond motifs is 1. The fraction of sp³-hybridized carbons (Fsp3) is 0.190. The molecule has 0 spiro atoms. The fourth-order valence-electron chi connectivity index (χ4n) is 3.22. The van der Waals surface area contributed by atoms with E-state index in [-0.39, 0.29) is 0 Å². The molecular formula is C21H20N2. The summed E-state index contributed by atoms with van der Waals surface area (Å²) in [6.45, 7) is 5.19. The summed E-state index contributed by atoms with van der Waals surface area (Å²) < 4.78 is 0. The second-order valence-electron chi connectivity index (χ2n) is 6.33. The molecule has 4 rings (SSSR count). The second-order valence-corrected chi connectivity index (χ2v) is 6.33. The van der Waals surface area contributed by atoms with E-state index in [1.54, 1.807) is 0 Å². The summed E-state index contributed by atoms with van der Waals surface area (Å²) in [5, 5.41) is 0. The Morgan fingerprint density at radius 2 is 1.74 bits per heavy atom. The SMILES string of the molecule is Cc1ccc(CN2Cc3ccc(-c4ccccn4)cc3C2)cc1. The normalized spacial score (nSPS) is 14.0. The van der Waals surface area contributed by atoms with E-state index in [0.717, 1.165) is 25.3 Å². The first-order valence-corrected chi connectivity index (χ1v) is 8.09. The average Bonchev–Trinajstić information content (AvgIpc) is 2.99. The van der Waals surface area contributed by atoms with Crippen LogP contribution in [-0.2, 0) is 19.6 Å². The Hall–Kier alpha value is -2.45. The van der Waals surface area contributed by atoms with Crippen molar-refractivity contribution < 1.29 is 0 Å². The molecule has 0 amide bonds. The van der Waals surface area contributed by atoms with E-state index in [1.165, 1.54) is 27.8 Å². The van der Waals surface area contributed by atoms with E-state index in [0.29, 0.717) is 0 Å². The second kappa shape index (κ2) is 5.98. The zero-order valence-electron chi connectivity index (χ0n) is 13.4. The third-order valence-electron chi connectivity index (χ3n) is 4.48. The maximum absolute atomic E-state index is 4.46. The lowest BCUT2D eigenvalue weighted by atomic mass is 10.0. The maximum atomic E-state index is 4.46. The Balaban J connectivity index is 1.52. The minimum Gasteiger partial charge on any atom is -0.291 e. The van der Waals surface area contributed by atoms with Crippen molar-refractivity contribution >= 4 is 0 Å². The maximum Gasteiger partial charge on any atom is 0.0702 e. The Morgan fingerprint density at radius 3 is 2.52 bits per heavy atom. The molecule has 1 aromatic heterocycles. The van der Waals surface area contributed by atoms with Crippen LogP contribution in [0.15, 0.2) is 66.9 Å². The number of hydrogen-bond acceptors (Lipinski definition) is 2. The van der Waals surface area contributed by atoms with E-state index in [2.05, 4.69) is 65.3 Å². The number of hydrogen-bond donors (Lipinski definition) is 0. The van der Waals surface area contributed by atoms with Crippen LogP contribution in [0.2, 0.25) is 0 Å². The minimum atomic E-state index is 1.01. The summed E-state index contributed by atoms with van der Waals surface area (Å²) in [4.78, 5) is 6.95. The molecule has 0 fully saturated rings. The number of rotatable bonds is 3. The third kappa shape index (κ3) is 3.03. The molecule has 3 aromatic rings. The molecule has 23 heavy (non-hydrogen) atoms. The highest BCUT2D eigenvalue weighted by Crippen LogP contribution is 2.28. The lowest BCUT2D eigenvalue weighted by Gasteiger charge is -2.14. The molecule has 2 heterocycles. The van der Waals surface area contributed by atoms with Gasteiger partial charge in [-0.1, -0.05) is 48.0 Å². The lowest BCUT2D eigenvalue weighted by molar-refractivity contribution is 0.275. The van der Waals surface area contributed by atoms with Crippen molar-refractivity contribution in [2.24, 2.45) is 0 Å². The number of pyridine rings is 1. The number of benzene rings is 2. The van der Waals surface area contributed by atoms with Crippen LogP contribution in [-0.4, -0.2) is 9.88 Å². The van der Waals surface area contributed by atoms with E-state index >= 15 is 0 Å². The molecule has 0 atom stereocenters. The summed E-state index contributed by atoms with van der Waals surface area (Å²) in [5.74, 6) is 0. The van der Waals surface area contributed by atoms with Crippen molar-refractivity contribution in [1.29, 1.82) is 0 Å². The molecule has 0 saturated heterocycles. The lowest BCUT2D eigenvalue weighted by Crippen LogP contribution is -2.15. The molecule has 0 radical (unpaired) electrons. The van der Waals surface area contributed by atoms with Crippen LogP contribution >= 0.6 is 0 Å². The van der Waals surface area contributed by atoms with E-state index in [4.69, 9.17) is 0 Å². The van der Waals surface area contributed by atoms with Gasteiger partial charge in [0.2, 0.25) is 0 Å². The van der Waals surface area contributed by atoms with Crippen LogP contribution in [0.25, 0.3) is 11.3 Å². The van der Waals surface area contributed by atoms with Crippen LogP contribution in [0.1, 0.15) is 22.3 Å². The average molecular weight is 300 g/mol. The van der Waals surface area contributed by atoms with Gasteiger partial charge in [0.1, 0.15) is 0 Å². The number of aryl methyl sites for hydroxylation is 1. The summed E-state index contributed by atoms with van der Waals surface area (Å²) in [6.07, 6.45) is 1.85. The summed E-state index contributed by atoms with van der Waals surface area (Å²) >= 11 is 0. The van der Waals surface area contributed by atoms with Crippen molar-refractivity contribution in [3.63, 3.8) is 0 Å². The third-order valence-corrected chi connectivity index (χ3v) is 4.48. The molecule has 2 heteroatoms. The molecule has 2 nitrogen and oxygen atoms in total. The first-order valence-electron chi connectivity index (χ1n) is 8.09. The van der Waals surface area contributed by atoms with E-state index in [9.17, 15) is 0 Å². The molecule has 0 unspecified atom stereocenters. The number of aromatic nitrogens is 1. The van der Waals surface area contributed by atoms with E-state index in [1.807, 2.05) is 18.3 Å². The molecular weight excluding hydrogens is 280 g/mol. The monoisotopic (exact) mass is 300 g/mol. The van der Waals surface area contributed by atoms with Gasteiger partial charge in [0.25, 0.3) is 0 Å². The van der Waals surface area contributed by atoms with Crippen molar-refractivity contribution in [2.75, 3.05) is 0 Å². The predicted molar refractivity (Wildman–Crippen MR) is 93.8 cm³/mol. The highest BCUT2D eigenvalue weighted by molar-refractivity contribution is 5.61. The Kier molecular flexibility index (Phi) is 3.68. The van der Waals surface area contributed by atoms with Gasteiger partial charge >= 0.3 is 0 Å². The summed E-state index contributed by atoms with van der Waals surface area (Å²) in [6, 6.07) is 21.7. The summed E-state index contributed by atoms with van der Waals surface area (Å²) in [5.41, 5.74) is 7.83. The quantitative estimate of drug-likeness (QED) is 0.704. The minimum absolute atomic E-state index is 1.01. The van der Waals surface area contributed by atoms with Crippen molar-refractivity contribution in [3.8, 4) is 11.3 Å². The van der Waals surface area contributed by atoms with E-state index < -0.39 is 0 Å². The van der Waals surface area contributed by atoms with Gasteiger partial charge in [0.05, 0.1) is 5.69 Å². The van der Waals surface area contributed by atoms with Gasteiger partial charge in [-0.15, -0.1) is 0 Å². The Bertz CT molecular complexity index is 807. The van der Waals surface area contributed by atoms with Crippen LogP contribution in [0.5, 0.6) is 0 Å². The zero-order valence-corrected chi connectivity index (χ0v) is 13.4. The molecule has 2 aromatic carbocycles. The molecule has 0 saturated carbocycles. The van der Waals surface area contributed by atoms with Gasteiger partial charge in [-0.3, -0.25) is 9.88 Å². The largest absolute Gasteiger partial charge is 0.291 e. The van der Waals surface area contributed by atoms with Crippen molar-refractivity contribution in [2.45, 2.75) is 26.6 Å². The fourth-order valence-corrected chi connectivity index (χ4v) is 3.22. The number of nitrogens with zero attached hydrogens (tertiary/aromatic N) is 2.